The summed E-state index contributed by atoms with van der Waals surface area (Å²) in [5.74, 6) is 3.04. The summed E-state index contributed by atoms with van der Waals surface area (Å²) in [5.41, 5.74) is 5.74. The van der Waals surface area contributed by atoms with Crippen LogP contribution in [0.3, 0.4) is 0 Å². The first-order valence-electron chi connectivity index (χ1n) is 15.2. The number of nitrogens with zero attached hydrogens (tertiary/aromatic N) is 4. The number of piperidine rings is 1. The van der Waals surface area contributed by atoms with Gasteiger partial charge in [-0.15, -0.1) is 0 Å². The maximum Gasteiger partial charge on any atom is 0.227 e. The molecule has 5 nitrogen and oxygen atoms in total. The molecule has 1 aromatic heterocycles. The Morgan fingerprint density at radius 3 is 2.53 bits per heavy atom. The van der Waals surface area contributed by atoms with Gasteiger partial charge in [-0.05, 0) is 93.2 Å². The highest BCUT2D eigenvalue weighted by Crippen LogP contribution is 2.50. The van der Waals surface area contributed by atoms with Gasteiger partial charge >= 0.3 is 0 Å². The Morgan fingerprint density at radius 2 is 1.87 bits per heavy atom. The maximum absolute atomic E-state index is 5.15. The standard InChI is InChI=1S/C32H50BN5/c1-8-22(3)28-17-34-30(36-29(28)35-24(5)27-11-10-21(2)14-23(27)4)38-18-25(19-38)32(33)12-9-13-37(20-32)26-15-31(6,7)16-26/h10-11,14,17,22,24-26H,8-9,12-13,15-16,18-20,33H2,1-7H3,(H,34,35,36)/t22?,24-,32-/m1/s1. The lowest BCUT2D eigenvalue weighted by molar-refractivity contribution is -0.00474. The van der Waals surface area contributed by atoms with Gasteiger partial charge in [0.1, 0.15) is 13.7 Å². The molecule has 3 aliphatic rings. The van der Waals surface area contributed by atoms with Crippen molar-refractivity contribution < 1.29 is 0 Å². The van der Waals surface area contributed by atoms with E-state index in [2.05, 4.69) is 95.8 Å². The lowest BCUT2D eigenvalue weighted by atomic mass is 9.54. The number of rotatable bonds is 8. The van der Waals surface area contributed by atoms with E-state index in [1.807, 2.05) is 0 Å². The van der Waals surface area contributed by atoms with E-state index in [1.54, 1.807) is 0 Å². The molecule has 0 spiro atoms. The van der Waals surface area contributed by atoms with Crippen LogP contribution >= 0.6 is 0 Å². The Balaban J connectivity index is 1.28. The van der Waals surface area contributed by atoms with Gasteiger partial charge in [0.15, 0.2) is 0 Å². The fourth-order valence-electron chi connectivity index (χ4n) is 7.33. The van der Waals surface area contributed by atoms with Crippen molar-refractivity contribution in [3.8, 4) is 0 Å². The van der Waals surface area contributed by atoms with E-state index in [9.17, 15) is 0 Å². The number of hydrogen-bond acceptors (Lipinski definition) is 5. The number of anilines is 2. The van der Waals surface area contributed by atoms with Crippen LogP contribution in [0.5, 0.6) is 0 Å². The first-order chi connectivity index (χ1) is 18.0. The van der Waals surface area contributed by atoms with Crippen LogP contribution in [0.15, 0.2) is 24.4 Å². The molecule has 0 radical (unpaired) electrons. The van der Waals surface area contributed by atoms with E-state index < -0.39 is 0 Å². The molecule has 1 unspecified atom stereocenters. The van der Waals surface area contributed by atoms with Gasteiger partial charge in [-0.25, -0.2) is 4.98 Å². The molecule has 3 heterocycles. The zero-order chi connectivity index (χ0) is 27.2. The fourth-order valence-corrected chi connectivity index (χ4v) is 7.33. The minimum atomic E-state index is 0.189. The van der Waals surface area contributed by atoms with Crippen LogP contribution in [0.2, 0.25) is 5.31 Å². The number of hydrogen-bond donors (Lipinski definition) is 1. The highest BCUT2D eigenvalue weighted by Gasteiger charge is 2.48. The highest BCUT2D eigenvalue weighted by atomic mass is 15.3. The van der Waals surface area contributed by atoms with Crippen molar-refractivity contribution in [2.24, 2.45) is 11.3 Å². The molecular weight excluding hydrogens is 465 g/mol. The van der Waals surface area contributed by atoms with Crippen molar-refractivity contribution in [2.75, 3.05) is 36.4 Å². The summed E-state index contributed by atoms with van der Waals surface area (Å²) in [6, 6.07) is 7.74. The second kappa shape index (κ2) is 10.5. The summed E-state index contributed by atoms with van der Waals surface area (Å²) in [6.07, 6.45) is 8.59. The van der Waals surface area contributed by atoms with Crippen LogP contribution in [-0.4, -0.2) is 54.9 Å². The van der Waals surface area contributed by atoms with E-state index in [0.29, 0.717) is 16.6 Å². The zero-order valence-corrected chi connectivity index (χ0v) is 25.3. The molecule has 1 aromatic carbocycles. The SMILES string of the molecule is B[C@]1(C2CN(c3ncc(C(C)CC)c(N[C@H](C)c4ccc(C)cc4C)n3)C2)CCCN(C2CC(C)(C)C2)C1. The Bertz CT molecular complexity index is 1130. The molecule has 6 heteroatoms. The van der Waals surface area contributed by atoms with Gasteiger partial charge in [0.25, 0.3) is 0 Å². The van der Waals surface area contributed by atoms with E-state index in [1.165, 1.54) is 61.0 Å². The number of likely N-dealkylation sites (tertiary alicyclic amines) is 1. The van der Waals surface area contributed by atoms with Crippen molar-refractivity contribution in [1.29, 1.82) is 0 Å². The van der Waals surface area contributed by atoms with Crippen LogP contribution in [0.1, 0.15) is 101 Å². The molecule has 3 fully saturated rings. The topological polar surface area (TPSA) is 44.3 Å². The Hall–Kier alpha value is -2.08. The number of aryl methyl sites for hydroxylation is 2. The molecule has 0 bridgehead atoms. The van der Waals surface area contributed by atoms with Gasteiger partial charge in [-0.1, -0.05) is 57.9 Å². The molecule has 2 saturated heterocycles. The molecule has 2 aliphatic heterocycles. The van der Waals surface area contributed by atoms with E-state index in [0.717, 1.165) is 43.2 Å². The van der Waals surface area contributed by atoms with Crippen molar-refractivity contribution in [2.45, 2.75) is 104 Å². The third-order valence-electron chi connectivity index (χ3n) is 10.2. The zero-order valence-electron chi connectivity index (χ0n) is 25.3. The molecule has 206 valence electrons. The van der Waals surface area contributed by atoms with Gasteiger partial charge in [-0.2, -0.15) is 4.98 Å². The number of nitrogens with one attached hydrogen (secondary N) is 1. The predicted molar refractivity (Wildman–Crippen MR) is 163 cm³/mol. The van der Waals surface area contributed by atoms with Gasteiger partial charge in [0, 0.05) is 30.9 Å². The van der Waals surface area contributed by atoms with Gasteiger partial charge < -0.3 is 15.1 Å². The van der Waals surface area contributed by atoms with Crippen LogP contribution in [0, 0.1) is 25.2 Å². The maximum atomic E-state index is 5.15. The van der Waals surface area contributed by atoms with Crippen LogP contribution in [0.25, 0.3) is 0 Å². The quantitative estimate of drug-likeness (QED) is 0.419. The van der Waals surface area contributed by atoms with E-state index in [4.69, 9.17) is 9.97 Å². The lowest BCUT2D eigenvalue weighted by Gasteiger charge is -2.57. The number of benzene rings is 1. The van der Waals surface area contributed by atoms with E-state index in [-0.39, 0.29) is 6.04 Å². The molecule has 1 saturated carbocycles. The molecule has 1 N–H and O–H groups in total. The predicted octanol–water partition coefficient (Wildman–Crippen LogP) is 6.29. The third kappa shape index (κ3) is 5.48. The average molecular weight is 516 g/mol. The van der Waals surface area contributed by atoms with Crippen LogP contribution in [-0.2, 0) is 0 Å². The summed E-state index contributed by atoms with van der Waals surface area (Å²) in [4.78, 5) is 15.3. The summed E-state index contributed by atoms with van der Waals surface area (Å²) in [7, 11) is 2.55. The van der Waals surface area contributed by atoms with Crippen molar-refractivity contribution in [1.82, 2.24) is 14.9 Å². The molecule has 1 aliphatic carbocycles. The molecule has 38 heavy (non-hydrogen) atoms. The van der Waals surface area contributed by atoms with Crippen molar-refractivity contribution in [3.05, 3.63) is 46.6 Å². The normalized spacial score (nSPS) is 25.9. The summed E-state index contributed by atoms with van der Waals surface area (Å²) in [5, 5.41) is 4.19. The first-order valence-corrected chi connectivity index (χ1v) is 15.2. The second-order valence-electron chi connectivity index (χ2n) is 14.1. The highest BCUT2D eigenvalue weighted by molar-refractivity contribution is 6.16. The Labute approximate surface area is 232 Å². The number of aromatic nitrogens is 2. The minimum Gasteiger partial charge on any atom is -0.363 e. The van der Waals surface area contributed by atoms with Crippen molar-refractivity contribution in [3.63, 3.8) is 0 Å². The van der Waals surface area contributed by atoms with Gasteiger partial charge in [-0.3, -0.25) is 0 Å². The Morgan fingerprint density at radius 1 is 1.13 bits per heavy atom. The first kappa shape index (κ1) is 27.5. The fraction of sp³-hybridized carbons (Fsp3) is 0.688. The molecule has 2 aromatic rings. The summed E-state index contributed by atoms with van der Waals surface area (Å²) >= 11 is 0. The van der Waals surface area contributed by atoms with Crippen LogP contribution < -0.4 is 10.2 Å². The molecule has 0 amide bonds. The molecule has 5 rings (SSSR count). The third-order valence-corrected chi connectivity index (χ3v) is 10.2. The molecule has 3 atom stereocenters. The second-order valence-corrected chi connectivity index (χ2v) is 14.1. The average Bonchev–Trinajstić information content (AvgIpc) is 2.81. The molecular formula is C32H50BN5. The smallest absolute Gasteiger partial charge is 0.227 e. The summed E-state index contributed by atoms with van der Waals surface area (Å²) < 4.78 is 0. The van der Waals surface area contributed by atoms with Gasteiger partial charge in [0.2, 0.25) is 5.95 Å². The minimum absolute atomic E-state index is 0.189. The largest absolute Gasteiger partial charge is 0.363 e. The van der Waals surface area contributed by atoms with Gasteiger partial charge in [0.05, 0.1) is 6.04 Å². The monoisotopic (exact) mass is 515 g/mol. The Kier molecular flexibility index (Phi) is 7.58. The summed E-state index contributed by atoms with van der Waals surface area (Å²) in [6.45, 7) is 20.7. The lowest BCUT2D eigenvalue weighted by Crippen LogP contribution is -2.59. The van der Waals surface area contributed by atoms with Crippen LogP contribution in [0.4, 0.5) is 11.8 Å². The van der Waals surface area contributed by atoms with Crippen molar-refractivity contribution >= 4 is 19.6 Å². The van der Waals surface area contributed by atoms with E-state index >= 15 is 0 Å².